The van der Waals surface area contributed by atoms with E-state index < -0.39 is 0 Å². The topological polar surface area (TPSA) is 24.5 Å². The van der Waals surface area contributed by atoms with E-state index in [9.17, 15) is 0 Å². The molecule has 0 aromatic rings. The molecule has 0 bridgehead atoms. The van der Waals surface area contributed by atoms with E-state index in [-0.39, 0.29) is 0 Å². The van der Waals surface area contributed by atoms with E-state index >= 15 is 0 Å². The summed E-state index contributed by atoms with van der Waals surface area (Å²) in [6.45, 7) is 11.2. The Balaban J connectivity index is 2.14. The first kappa shape index (κ1) is 14.0. The van der Waals surface area contributed by atoms with E-state index in [1.165, 1.54) is 25.7 Å². The minimum atomic E-state index is 0.355. The number of hydrogen-bond donors (Lipinski definition) is 1. The van der Waals surface area contributed by atoms with Gasteiger partial charge in [-0.25, -0.2) is 0 Å². The maximum atomic E-state index is 5.52. The first-order valence-electron chi connectivity index (χ1n) is 7.50. The molecule has 1 aliphatic heterocycles. The second-order valence-electron chi connectivity index (χ2n) is 5.54. The SMILES string of the molecule is C=CCC(NCC)C1(N2CCOCC2)CCCC1. The van der Waals surface area contributed by atoms with Crippen molar-refractivity contribution in [1.82, 2.24) is 10.2 Å². The molecule has 3 nitrogen and oxygen atoms in total. The summed E-state index contributed by atoms with van der Waals surface area (Å²) in [6, 6.07) is 0.556. The smallest absolute Gasteiger partial charge is 0.0594 e. The van der Waals surface area contributed by atoms with Gasteiger partial charge in [0.15, 0.2) is 0 Å². The molecule has 1 atom stereocenters. The highest BCUT2D eigenvalue weighted by molar-refractivity contribution is 5.05. The van der Waals surface area contributed by atoms with Gasteiger partial charge in [0.1, 0.15) is 0 Å². The molecule has 2 rings (SSSR count). The maximum Gasteiger partial charge on any atom is 0.0594 e. The predicted molar refractivity (Wildman–Crippen MR) is 75.9 cm³/mol. The normalized spacial score (nSPS) is 26.1. The first-order valence-corrected chi connectivity index (χ1v) is 7.50. The van der Waals surface area contributed by atoms with Crippen LogP contribution in [-0.4, -0.2) is 49.3 Å². The van der Waals surface area contributed by atoms with Crippen LogP contribution in [0.15, 0.2) is 12.7 Å². The molecule has 0 aromatic heterocycles. The third kappa shape index (κ3) is 2.79. The van der Waals surface area contributed by atoms with Crippen LogP contribution in [0.25, 0.3) is 0 Å². The van der Waals surface area contributed by atoms with Crippen LogP contribution in [0.1, 0.15) is 39.0 Å². The zero-order valence-electron chi connectivity index (χ0n) is 11.8. The fraction of sp³-hybridized carbons (Fsp3) is 0.867. The molecule has 104 valence electrons. The average Bonchev–Trinajstić information content (AvgIpc) is 2.90. The van der Waals surface area contributed by atoms with Crippen molar-refractivity contribution < 1.29 is 4.74 Å². The molecule has 3 heteroatoms. The Kier molecular flexibility index (Phi) is 5.22. The lowest BCUT2D eigenvalue weighted by atomic mass is 9.83. The van der Waals surface area contributed by atoms with Gasteiger partial charge in [-0.15, -0.1) is 6.58 Å². The van der Waals surface area contributed by atoms with E-state index in [2.05, 4.69) is 29.8 Å². The molecule has 2 fully saturated rings. The van der Waals surface area contributed by atoms with Gasteiger partial charge in [0, 0.05) is 24.7 Å². The van der Waals surface area contributed by atoms with Crippen LogP contribution in [0, 0.1) is 0 Å². The number of morpholine rings is 1. The van der Waals surface area contributed by atoms with Crippen LogP contribution in [-0.2, 0) is 4.74 Å². The summed E-state index contributed by atoms with van der Waals surface area (Å²) in [4.78, 5) is 2.69. The summed E-state index contributed by atoms with van der Waals surface area (Å²) in [5.74, 6) is 0. The highest BCUT2D eigenvalue weighted by Gasteiger charge is 2.45. The quantitative estimate of drug-likeness (QED) is 0.733. The molecule has 0 amide bonds. The number of hydrogen-bond acceptors (Lipinski definition) is 3. The second kappa shape index (κ2) is 6.69. The molecule has 0 spiro atoms. The molecule has 0 radical (unpaired) electrons. The van der Waals surface area contributed by atoms with Crippen LogP contribution in [0.4, 0.5) is 0 Å². The number of ether oxygens (including phenoxy) is 1. The second-order valence-corrected chi connectivity index (χ2v) is 5.54. The fourth-order valence-electron chi connectivity index (χ4n) is 3.79. The predicted octanol–water partition coefficient (Wildman–Crippen LogP) is 2.19. The first-order chi connectivity index (χ1) is 8.83. The number of nitrogens with zero attached hydrogens (tertiary/aromatic N) is 1. The van der Waals surface area contributed by atoms with Crippen LogP contribution in [0.3, 0.4) is 0 Å². The highest BCUT2D eigenvalue weighted by atomic mass is 16.5. The van der Waals surface area contributed by atoms with E-state index in [4.69, 9.17) is 4.74 Å². The Morgan fingerprint density at radius 3 is 2.56 bits per heavy atom. The van der Waals surface area contributed by atoms with Crippen LogP contribution >= 0.6 is 0 Å². The average molecular weight is 252 g/mol. The molecular formula is C15H28N2O. The van der Waals surface area contributed by atoms with E-state index in [1.54, 1.807) is 0 Å². The van der Waals surface area contributed by atoms with Crippen molar-refractivity contribution >= 4 is 0 Å². The highest BCUT2D eigenvalue weighted by Crippen LogP contribution is 2.39. The number of likely N-dealkylation sites (N-methyl/N-ethyl adjacent to an activating group) is 1. The van der Waals surface area contributed by atoms with Crippen LogP contribution < -0.4 is 5.32 Å². The minimum absolute atomic E-state index is 0.355. The third-order valence-corrected chi connectivity index (χ3v) is 4.61. The van der Waals surface area contributed by atoms with E-state index in [0.29, 0.717) is 11.6 Å². The van der Waals surface area contributed by atoms with Gasteiger partial charge in [0.25, 0.3) is 0 Å². The fourth-order valence-corrected chi connectivity index (χ4v) is 3.79. The van der Waals surface area contributed by atoms with Gasteiger partial charge in [-0.1, -0.05) is 25.8 Å². The molecule has 18 heavy (non-hydrogen) atoms. The van der Waals surface area contributed by atoms with Crippen LogP contribution in [0.5, 0.6) is 0 Å². The van der Waals surface area contributed by atoms with E-state index in [1.807, 2.05) is 0 Å². The molecular weight excluding hydrogens is 224 g/mol. The summed E-state index contributed by atoms with van der Waals surface area (Å²) >= 11 is 0. The van der Waals surface area contributed by atoms with Crippen LogP contribution in [0.2, 0.25) is 0 Å². The summed E-state index contributed by atoms with van der Waals surface area (Å²) < 4.78 is 5.52. The van der Waals surface area contributed by atoms with Gasteiger partial charge in [-0.2, -0.15) is 0 Å². The lowest BCUT2D eigenvalue weighted by Crippen LogP contribution is -2.62. The maximum absolute atomic E-state index is 5.52. The summed E-state index contributed by atoms with van der Waals surface area (Å²) in [5.41, 5.74) is 0.355. The summed E-state index contributed by atoms with van der Waals surface area (Å²) in [7, 11) is 0. The number of nitrogens with one attached hydrogen (secondary N) is 1. The van der Waals surface area contributed by atoms with Crippen molar-refractivity contribution in [1.29, 1.82) is 0 Å². The zero-order chi connectivity index (χ0) is 12.8. The summed E-state index contributed by atoms with van der Waals surface area (Å²) in [5, 5.41) is 3.71. The lowest BCUT2D eigenvalue weighted by Gasteiger charge is -2.48. The van der Waals surface area contributed by atoms with Crippen molar-refractivity contribution in [2.45, 2.75) is 50.6 Å². The monoisotopic (exact) mass is 252 g/mol. The van der Waals surface area contributed by atoms with Gasteiger partial charge >= 0.3 is 0 Å². The van der Waals surface area contributed by atoms with Crippen molar-refractivity contribution in [3.05, 3.63) is 12.7 Å². The van der Waals surface area contributed by atoms with Crippen molar-refractivity contribution in [2.24, 2.45) is 0 Å². The Hall–Kier alpha value is -0.380. The third-order valence-electron chi connectivity index (χ3n) is 4.61. The van der Waals surface area contributed by atoms with Gasteiger partial charge in [0.05, 0.1) is 13.2 Å². The van der Waals surface area contributed by atoms with Crippen molar-refractivity contribution in [3.63, 3.8) is 0 Å². The molecule has 2 aliphatic rings. The Morgan fingerprint density at radius 2 is 2.00 bits per heavy atom. The summed E-state index contributed by atoms with van der Waals surface area (Å²) in [6.07, 6.45) is 8.56. The Bertz CT molecular complexity index is 255. The van der Waals surface area contributed by atoms with Crippen molar-refractivity contribution in [3.8, 4) is 0 Å². The molecule has 1 saturated heterocycles. The van der Waals surface area contributed by atoms with Gasteiger partial charge in [0.2, 0.25) is 0 Å². The Morgan fingerprint density at radius 1 is 1.33 bits per heavy atom. The molecule has 1 aliphatic carbocycles. The minimum Gasteiger partial charge on any atom is -0.379 e. The van der Waals surface area contributed by atoms with Gasteiger partial charge in [-0.3, -0.25) is 4.90 Å². The van der Waals surface area contributed by atoms with Crippen molar-refractivity contribution in [2.75, 3.05) is 32.8 Å². The molecule has 1 heterocycles. The lowest BCUT2D eigenvalue weighted by molar-refractivity contribution is -0.0351. The zero-order valence-corrected chi connectivity index (χ0v) is 11.8. The molecule has 1 N–H and O–H groups in total. The van der Waals surface area contributed by atoms with Gasteiger partial charge < -0.3 is 10.1 Å². The Labute approximate surface area is 112 Å². The molecule has 0 aromatic carbocycles. The van der Waals surface area contributed by atoms with Gasteiger partial charge in [-0.05, 0) is 25.8 Å². The molecule has 1 unspecified atom stereocenters. The number of rotatable bonds is 6. The van der Waals surface area contributed by atoms with E-state index in [0.717, 1.165) is 39.3 Å². The standard InChI is InChI=1S/C15H28N2O/c1-3-7-14(16-4-2)15(8-5-6-9-15)17-10-12-18-13-11-17/h3,14,16H,1,4-13H2,2H3. The molecule has 1 saturated carbocycles. The largest absolute Gasteiger partial charge is 0.379 e.